The number of furan rings is 1. The molecule has 9 heteroatoms. The van der Waals surface area contributed by atoms with Crippen molar-refractivity contribution in [3.05, 3.63) is 75.1 Å². The van der Waals surface area contributed by atoms with Crippen LogP contribution in [0.3, 0.4) is 0 Å². The number of aryl methyl sites for hydroxylation is 2. The molecule has 0 aliphatic carbocycles. The van der Waals surface area contributed by atoms with Crippen LogP contribution in [-0.4, -0.2) is 26.2 Å². The van der Waals surface area contributed by atoms with Crippen LogP contribution >= 0.6 is 23.4 Å². The number of halogens is 1. The Hall–Kier alpha value is -2.97. The lowest BCUT2D eigenvalue weighted by molar-refractivity contribution is -0.113. The molecular weight excluding hydrogens is 424 g/mol. The number of amides is 1. The van der Waals surface area contributed by atoms with Gasteiger partial charge in [-0.3, -0.25) is 14.2 Å². The summed E-state index contributed by atoms with van der Waals surface area (Å²) in [5.74, 6) is 0.462. The van der Waals surface area contributed by atoms with Crippen LogP contribution in [0.15, 0.2) is 57.0 Å². The topological polar surface area (TPSA) is 92.9 Å². The van der Waals surface area contributed by atoms with Crippen LogP contribution in [-0.2, 0) is 11.3 Å². The highest BCUT2D eigenvalue weighted by atomic mass is 35.5. The second kappa shape index (κ2) is 8.41. The van der Waals surface area contributed by atoms with Crippen LogP contribution in [0.2, 0.25) is 5.02 Å². The first-order chi connectivity index (χ1) is 14.4. The third-order valence-corrected chi connectivity index (χ3v) is 5.84. The van der Waals surface area contributed by atoms with Gasteiger partial charge in [-0.1, -0.05) is 35.5 Å². The molecular formula is C21H19ClN4O3S. The Morgan fingerprint density at radius 2 is 2.13 bits per heavy atom. The summed E-state index contributed by atoms with van der Waals surface area (Å²) in [4.78, 5) is 33.2. The average Bonchev–Trinajstić information content (AvgIpc) is 3.35. The minimum Gasteiger partial charge on any atom is -0.467 e. The van der Waals surface area contributed by atoms with E-state index in [9.17, 15) is 9.59 Å². The molecule has 0 atom stereocenters. The summed E-state index contributed by atoms with van der Waals surface area (Å²) in [6.07, 6.45) is 1.55. The number of thioether (sulfide) groups is 1. The van der Waals surface area contributed by atoms with Crippen LogP contribution in [0.5, 0.6) is 0 Å². The predicted molar refractivity (Wildman–Crippen MR) is 118 cm³/mol. The van der Waals surface area contributed by atoms with Gasteiger partial charge in [-0.2, -0.15) is 0 Å². The Morgan fingerprint density at radius 1 is 1.30 bits per heavy atom. The highest BCUT2D eigenvalue weighted by Gasteiger charge is 2.17. The lowest BCUT2D eigenvalue weighted by Gasteiger charge is -2.12. The van der Waals surface area contributed by atoms with Gasteiger partial charge < -0.3 is 14.7 Å². The summed E-state index contributed by atoms with van der Waals surface area (Å²) < 4.78 is 6.90. The van der Waals surface area contributed by atoms with Crippen molar-refractivity contribution in [3.63, 3.8) is 0 Å². The van der Waals surface area contributed by atoms with Gasteiger partial charge >= 0.3 is 0 Å². The number of fused-ring (bicyclic) bond motifs is 1. The first-order valence-corrected chi connectivity index (χ1v) is 10.6. The van der Waals surface area contributed by atoms with Crippen molar-refractivity contribution in [1.82, 2.24) is 14.5 Å². The molecule has 30 heavy (non-hydrogen) atoms. The van der Waals surface area contributed by atoms with Gasteiger partial charge in [0, 0.05) is 5.69 Å². The molecule has 7 nitrogen and oxygen atoms in total. The van der Waals surface area contributed by atoms with Crippen molar-refractivity contribution < 1.29 is 9.21 Å². The van der Waals surface area contributed by atoms with Crippen molar-refractivity contribution in [2.75, 3.05) is 11.1 Å². The van der Waals surface area contributed by atoms with Crippen LogP contribution in [0.25, 0.3) is 11.0 Å². The predicted octanol–water partition coefficient (Wildman–Crippen LogP) is 4.37. The van der Waals surface area contributed by atoms with E-state index >= 15 is 0 Å². The summed E-state index contributed by atoms with van der Waals surface area (Å²) in [6, 6.07) is 10.8. The molecule has 1 amide bonds. The number of hydrogen-bond donors (Lipinski definition) is 2. The summed E-state index contributed by atoms with van der Waals surface area (Å²) in [6.45, 7) is 3.96. The van der Waals surface area contributed by atoms with E-state index in [0.29, 0.717) is 32.7 Å². The molecule has 0 saturated carbocycles. The van der Waals surface area contributed by atoms with Crippen LogP contribution in [0.4, 0.5) is 5.69 Å². The molecule has 2 N–H and O–H groups in total. The maximum absolute atomic E-state index is 13.0. The number of nitrogens with one attached hydrogen (secondary N) is 2. The fourth-order valence-electron chi connectivity index (χ4n) is 3.11. The Kier molecular flexibility index (Phi) is 5.69. The minimum atomic E-state index is -0.236. The highest BCUT2D eigenvalue weighted by molar-refractivity contribution is 7.99. The average molecular weight is 443 g/mol. The number of carbonyl (C=O) groups is 1. The van der Waals surface area contributed by atoms with Gasteiger partial charge in [0.25, 0.3) is 5.56 Å². The van der Waals surface area contributed by atoms with Crippen molar-refractivity contribution in [3.8, 4) is 0 Å². The third-order valence-electron chi connectivity index (χ3n) is 4.55. The second-order valence-corrected chi connectivity index (χ2v) is 8.20. The van der Waals surface area contributed by atoms with Crippen molar-refractivity contribution >= 4 is 46.0 Å². The Balaban J connectivity index is 1.61. The van der Waals surface area contributed by atoms with Gasteiger partial charge in [0.15, 0.2) is 5.16 Å². The molecule has 4 aromatic rings. The summed E-state index contributed by atoms with van der Waals surface area (Å²) >= 11 is 7.38. The van der Waals surface area contributed by atoms with Crippen LogP contribution < -0.4 is 10.9 Å². The lowest BCUT2D eigenvalue weighted by atomic mass is 10.2. The van der Waals surface area contributed by atoms with E-state index in [4.69, 9.17) is 16.0 Å². The molecule has 3 heterocycles. The number of anilines is 1. The quantitative estimate of drug-likeness (QED) is 0.341. The van der Waals surface area contributed by atoms with Gasteiger partial charge in [0.1, 0.15) is 11.3 Å². The molecule has 0 bridgehead atoms. The number of rotatable bonds is 6. The molecule has 0 aliphatic heterocycles. The number of H-pyrrole nitrogens is 1. The maximum atomic E-state index is 13.0. The number of aromatic nitrogens is 3. The Bertz CT molecular complexity index is 1260. The zero-order valence-electron chi connectivity index (χ0n) is 16.4. The first-order valence-electron chi connectivity index (χ1n) is 9.22. The smallest absolute Gasteiger partial charge is 0.278 e. The standard InChI is InChI=1S/C21H19ClN4O3S/c1-12-5-3-7-15(22)18(12)25-17(27)11-30-21-24-16-9-13(2)23-19(16)20(28)26(21)10-14-6-4-8-29-14/h3-9,23H,10-11H2,1-2H3,(H,25,27). The molecule has 3 aromatic heterocycles. The molecule has 0 radical (unpaired) electrons. The Labute approximate surface area is 181 Å². The fourth-order valence-corrected chi connectivity index (χ4v) is 4.18. The van der Waals surface area contributed by atoms with Gasteiger partial charge in [-0.15, -0.1) is 0 Å². The largest absolute Gasteiger partial charge is 0.467 e. The van der Waals surface area contributed by atoms with Gasteiger partial charge in [-0.05, 0) is 43.7 Å². The zero-order chi connectivity index (χ0) is 21.3. The van der Waals surface area contributed by atoms with E-state index in [-0.39, 0.29) is 23.8 Å². The van der Waals surface area contributed by atoms with E-state index < -0.39 is 0 Å². The van der Waals surface area contributed by atoms with E-state index in [0.717, 1.165) is 11.3 Å². The van der Waals surface area contributed by atoms with E-state index in [1.54, 1.807) is 24.5 Å². The fraction of sp³-hybridized carbons (Fsp3) is 0.190. The Morgan fingerprint density at radius 3 is 2.87 bits per heavy atom. The lowest BCUT2D eigenvalue weighted by Crippen LogP contribution is -2.24. The minimum absolute atomic E-state index is 0.0736. The van der Waals surface area contributed by atoms with Crippen molar-refractivity contribution in [2.24, 2.45) is 0 Å². The summed E-state index contributed by atoms with van der Waals surface area (Å²) in [7, 11) is 0. The van der Waals surface area contributed by atoms with Gasteiger partial charge in [0.05, 0.1) is 34.8 Å². The number of para-hydroxylation sites is 1. The summed E-state index contributed by atoms with van der Waals surface area (Å²) in [5, 5.41) is 3.75. The number of carbonyl (C=O) groups excluding carboxylic acids is 1. The highest BCUT2D eigenvalue weighted by Crippen LogP contribution is 2.26. The number of nitrogens with zero attached hydrogens (tertiary/aromatic N) is 2. The molecule has 0 saturated heterocycles. The normalized spacial score (nSPS) is 11.2. The third kappa shape index (κ3) is 4.15. The molecule has 4 rings (SSSR count). The van der Waals surface area contributed by atoms with E-state index in [1.165, 1.54) is 16.3 Å². The number of aromatic amines is 1. The van der Waals surface area contributed by atoms with Crippen molar-refractivity contribution in [1.29, 1.82) is 0 Å². The van der Waals surface area contributed by atoms with Crippen LogP contribution in [0.1, 0.15) is 17.0 Å². The van der Waals surface area contributed by atoms with E-state index in [2.05, 4.69) is 15.3 Å². The second-order valence-electron chi connectivity index (χ2n) is 6.85. The molecule has 154 valence electrons. The maximum Gasteiger partial charge on any atom is 0.278 e. The molecule has 0 unspecified atom stereocenters. The monoisotopic (exact) mass is 442 g/mol. The molecule has 0 aliphatic rings. The SMILES string of the molecule is Cc1cc2nc(SCC(=O)Nc3c(C)cccc3Cl)n(Cc3ccco3)c(=O)c2[nH]1. The van der Waals surface area contributed by atoms with Crippen molar-refractivity contribution in [2.45, 2.75) is 25.5 Å². The van der Waals surface area contributed by atoms with Gasteiger partial charge in [-0.25, -0.2) is 4.98 Å². The van der Waals surface area contributed by atoms with Gasteiger partial charge in [0.2, 0.25) is 5.91 Å². The molecule has 0 spiro atoms. The molecule has 0 fully saturated rings. The zero-order valence-corrected chi connectivity index (χ0v) is 17.9. The molecule has 1 aromatic carbocycles. The number of hydrogen-bond acceptors (Lipinski definition) is 5. The summed E-state index contributed by atoms with van der Waals surface area (Å²) in [5.41, 5.74) is 3.08. The first kappa shape index (κ1) is 20.3. The van der Waals surface area contributed by atoms with Crippen LogP contribution in [0, 0.1) is 13.8 Å². The van der Waals surface area contributed by atoms with E-state index in [1.807, 2.05) is 32.0 Å². The number of benzene rings is 1.